The molecule has 7 nitrogen and oxygen atoms in total. The molecule has 9 heteroatoms. The lowest BCUT2D eigenvalue weighted by atomic mass is 9.97. The van der Waals surface area contributed by atoms with Crippen LogP contribution in [-0.2, 0) is 28.5 Å². The molecule has 0 unspecified atom stereocenters. The van der Waals surface area contributed by atoms with E-state index < -0.39 is 10.0 Å². The van der Waals surface area contributed by atoms with Crippen molar-refractivity contribution in [1.82, 2.24) is 14.4 Å². The van der Waals surface area contributed by atoms with Gasteiger partial charge in [-0.2, -0.15) is 14.6 Å². The topological polar surface area (TPSA) is 100 Å². The second-order valence-corrected chi connectivity index (χ2v) is 10.2. The van der Waals surface area contributed by atoms with Crippen LogP contribution in [0.1, 0.15) is 43.6 Å². The average molecular weight is 445 g/mol. The Bertz CT molecular complexity index is 1160. The van der Waals surface area contributed by atoms with E-state index in [9.17, 15) is 8.42 Å². The van der Waals surface area contributed by atoms with Crippen LogP contribution in [-0.4, -0.2) is 22.9 Å². The largest absolute Gasteiger partial charge is 0.339 e. The Labute approximate surface area is 181 Å². The number of halogens is 1. The molecule has 3 aromatic rings. The molecule has 30 heavy (non-hydrogen) atoms. The molecule has 0 amide bonds. The van der Waals surface area contributed by atoms with Crippen LogP contribution < -0.4 is 0 Å². The highest BCUT2D eigenvalue weighted by atomic mass is 35.5. The minimum absolute atomic E-state index is 0.0649. The molecular weight excluding hydrogens is 424 g/mol. The maximum Gasteiger partial charge on any atom is 0.243 e. The van der Waals surface area contributed by atoms with Gasteiger partial charge in [-0.3, -0.25) is 0 Å². The first-order chi connectivity index (χ1) is 14.1. The van der Waals surface area contributed by atoms with Gasteiger partial charge in [-0.25, -0.2) is 8.42 Å². The van der Waals surface area contributed by atoms with Gasteiger partial charge in [0.2, 0.25) is 15.9 Å². The second-order valence-electron chi connectivity index (χ2n) is 7.80. The molecule has 0 aliphatic carbocycles. The zero-order valence-corrected chi connectivity index (χ0v) is 18.4. The molecule has 2 aromatic carbocycles. The van der Waals surface area contributed by atoms with E-state index in [1.807, 2.05) is 26.8 Å². The standard InChI is InChI=1S/C21H21ClN4O3S/c1-21(2,3)20-24-19(25-29-20)14-26(13-16-6-4-15(12-23)5-7-16)30(27,28)18-10-8-17(22)9-11-18/h4-11H,13-14H2,1-3H3. The van der Waals surface area contributed by atoms with Crippen LogP contribution in [0.3, 0.4) is 0 Å². The highest BCUT2D eigenvalue weighted by molar-refractivity contribution is 7.89. The monoisotopic (exact) mass is 444 g/mol. The van der Waals surface area contributed by atoms with E-state index in [2.05, 4.69) is 10.1 Å². The zero-order chi connectivity index (χ0) is 21.9. The summed E-state index contributed by atoms with van der Waals surface area (Å²) >= 11 is 5.91. The van der Waals surface area contributed by atoms with Crippen LogP contribution in [0.4, 0.5) is 0 Å². The van der Waals surface area contributed by atoms with Crippen LogP contribution in [0.25, 0.3) is 0 Å². The van der Waals surface area contributed by atoms with Gasteiger partial charge in [0.15, 0.2) is 5.82 Å². The Morgan fingerprint density at radius 3 is 2.23 bits per heavy atom. The number of hydrogen-bond acceptors (Lipinski definition) is 6. The van der Waals surface area contributed by atoms with E-state index >= 15 is 0 Å². The van der Waals surface area contributed by atoms with Crippen molar-refractivity contribution in [3.8, 4) is 6.07 Å². The van der Waals surface area contributed by atoms with Crippen molar-refractivity contribution in [2.45, 2.75) is 44.2 Å². The van der Waals surface area contributed by atoms with Crippen molar-refractivity contribution in [3.05, 3.63) is 76.4 Å². The first-order valence-corrected chi connectivity index (χ1v) is 11.0. The van der Waals surface area contributed by atoms with E-state index in [0.717, 1.165) is 5.56 Å². The number of benzene rings is 2. The Morgan fingerprint density at radius 2 is 1.70 bits per heavy atom. The van der Waals surface area contributed by atoms with Crippen LogP contribution >= 0.6 is 11.6 Å². The summed E-state index contributed by atoms with van der Waals surface area (Å²) in [5.74, 6) is 0.700. The first kappa shape index (κ1) is 22.0. The summed E-state index contributed by atoms with van der Waals surface area (Å²) < 4.78 is 33.2. The van der Waals surface area contributed by atoms with Crippen LogP contribution in [0.2, 0.25) is 5.02 Å². The molecule has 1 heterocycles. The number of sulfonamides is 1. The predicted molar refractivity (Wildman–Crippen MR) is 112 cm³/mol. The van der Waals surface area contributed by atoms with Crippen LogP contribution in [0.15, 0.2) is 57.9 Å². The maximum absolute atomic E-state index is 13.3. The molecule has 0 N–H and O–H groups in total. The number of rotatable bonds is 6. The number of nitrogens with zero attached hydrogens (tertiary/aromatic N) is 4. The molecule has 0 saturated carbocycles. The van der Waals surface area contributed by atoms with Gasteiger partial charge in [0.05, 0.1) is 23.1 Å². The fourth-order valence-corrected chi connectivity index (χ4v) is 4.16. The molecule has 3 rings (SSSR count). The first-order valence-electron chi connectivity index (χ1n) is 9.17. The molecule has 0 bridgehead atoms. The lowest BCUT2D eigenvalue weighted by Gasteiger charge is -2.21. The highest BCUT2D eigenvalue weighted by Crippen LogP contribution is 2.24. The lowest BCUT2D eigenvalue weighted by molar-refractivity contribution is 0.313. The number of hydrogen-bond donors (Lipinski definition) is 0. The quantitative estimate of drug-likeness (QED) is 0.562. The van der Waals surface area contributed by atoms with E-state index in [0.29, 0.717) is 16.5 Å². The molecule has 0 aliphatic heterocycles. The molecule has 0 aliphatic rings. The van der Waals surface area contributed by atoms with Gasteiger partial charge in [-0.05, 0) is 42.0 Å². The van der Waals surface area contributed by atoms with E-state index in [1.165, 1.54) is 28.6 Å². The van der Waals surface area contributed by atoms with Crippen LogP contribution in [0, 0.1) is 11.3 Å². The van der Waals surface area contributed by atoms with E-state index in [4.69, 9.17) is 21.4 Å². The second kappa shape index (κ2) is 8.56. The Balaban J connectivity index is 1.96. The van der Waals surface area contributed by atoms with Gasteiger partial charge in [0.1, 0.15) is 0 Å². The average Bonchev–Trinajstić information content (AvgIpc) is 3.17. The number of aromatic nitrogens is 2. The summed E-state index contributed by atoms with van der Waals surface area (Å²) in [6.07, 6.45) is 0. The summed E-state index contributed by atoms with van der Waals surface area (Å²) in [4.78, 5) is 4.47. The van der Waals surface area contributed by atoms with Gasteiger partial charge in [0.25, 0.3) is 0 Å². The Morgan fingerprint density at radius 1 is 1.07 bits per heavy atom. The number of nitriles is 1. The smallest absolute Gasteiger partial charge is 0.243 e. The van der Waals surface area contributed by atoms with Gasteiger partial charge >= 0.3 is 0 Å². The molecule has 0 radical (unpaired) electrons. The van der Waals surface area contributed by atoms with E-state index in [1.54, 1.807) is 24.3 Å². The third-order valence-corrected chi connectivity index (χ3v) is 6.38. The summed E-state index contributed by atoms with van der Waals surface area (Å²) in [5, 5.41) is 13.4. The van der Waals surface area contributed by atoms with Crippen molar-refractivity contribution < 1.29 is 12.9 Å². The molecule has 0 fully saturated rings. The zero-order valence-electron chi connectivity index (χ0n) is 16.8. The third-order valence-electron chi connectivity index (χ3n) is 4.32. The fourth-order valence-electron chi connectivity index (χ4n) is 2.65. The normalized spacial score (nSPS) is 12.1. The molecule has 0 spiro atoms. The minimum atomic E-state index is -3.87. The van der Waals surface area contributed by atoms with Crippen LogP contribution in [0.5, 0.6) is 0 Å². The van der Waals surface area contributed by atoms with Gasteiger partial charge in [0, 0.05) is 17.0 Å². The van der Waals surface area contributed by atoms with Crippen molar-refractivity contribution >= 4 is 21.6 Å². The third kappa shape index (κ3) is 5.05. The summed E-state index contributed by atoms with van der Waals surface area (Å²) in [7, 11) is -3.87. The van der Waals surface area contributed by atoms with Crippen molar-refractivity contribution in [3.63, 3.8) is 0 Å². The van der Waals surface area contributed by atoms with Gasteiger partial charge in [-0.1, -0.05) is 49.7 Å². The summed E-state index contributed by atoms with van der Waals surface area (Å²) in [5.41, 5.74) is 0.878. The molecule has 1 aromatic heterocycles. The molecule has 0 atom stereocenters. The molecule has 156 valence electrons. The summed E-state index contributed by atoms with van der Waals surface area (Å²) in [6, 6.07) is 14.8. The maximum atomic E-state index is 13.3. The minimum Gasteiger partial charge on any atom is -0.339 e. The highest BCUT2D eigenvalue weighted by Gasteiger charge is 2.28. The molecule has 0 saturated heterocycles. The Hall–Kier alpha value is -2.73. The Kier molecular flexibility index (Phi) is 6.27. The fraction of sp³-hybridized carbons (Fsp3) is 0.286. The molecular formula is C21H21ClN4O3S. The van der Waals surface area contributed by atoms with Gasteiger partial charge < -0.3 is 4.52 Å². The van der Waals surface area contributed by atoms with Crippen molar-refractivity contribution in [2.24, 2.45) is 0 Å². The van der Waals surface area contributed by atoms with Crippen molar-refractivity contribution in [2.75, 3.05) is 0 Å². The van der Waals surface area contributed by atoms with Gasteiger partial charge in [-0.15, -0.1) is 0 Å². The summed E-state index contributed by atoms with van der Waals surface area (Å²) in [6.45, 7) is 5.82. The van der Waals surface area contributed by atoms with Crippen molar-refractivity contribution in [1.29, 1.82) is 5.26 Å². The SMILES string of the molecule is CC(C)(C)c1nc(CN(Cc2ccc(C#N)cc2)S(=O)(=O)c2ccc(Cl)cc2)no1. The predicted octanol–water partition coefficient (Wildman–Crippen LogP) is 4.28. The van der Waals surface area contributed by atoms with E-state index in [-0.39, 0.29) is 29.2 Å². The lowest BCUT2D eigenvalue weighted by Crippen LogP contribution is -2.30.